The Balaban J connectivity index is 1.71. The van der Waals surface area contributed by atoms with Crippen molar-refractivity contribution in [2.45, 2.75) is 69.7 Å². The van der Waals surface area contributed by atoms with Gasteiger partial charge in [-0.1, -0.05) is 32.4 Å². The van der Waals surface area contributed by atoms with E-state index in [9.17, 15) is 19.5 Å². The van der Waals surface area contributed by atoms with Gasteiger partial charge in [0.05, 0.1) is 44.0 Å². The van der Waals surface area contributed by atoms with Crippen LogP contribution in [0.3, 0.4) is 0 Å². The van der Waals surface area contributed by atoms with Gasteiger partial charge >= 0.3 is 5.97 Å². The van der Waals surface area contributed by atoms with E-state index >= 15 is 0 Å². The first-order valence-electron chi connectivity index (χ1n) is 14.8. The third-order valence-corrected chi connectivity index (χ3v) is 9.56. The standard InChI is InChI=1S/C30H47N3O7/c1-6-9-17-39-28(37)24-23-26(35)33(22(20-34)21(4)8-3)25(30(23)11-10-29(24,5)40-30)27(36)32(12-7-2)14-13-31-15-18-38-19-16-31/h6-7,21-25,34H,1-2,8-20H2,3-5H3/t21-,22-,23-,24+,25?,29-,30?/m0/s1. The summed E-state index contributed by atoms with van der Waals surface area (Å²) < 4.78 is 17.8. The molecule has 0 saturated carbocycles. The van der Waals surface area contributed by atoms with E-state index in [-0.39, 0.29) is 30.9 Å². The highest BCUT2D eigenvalue weighted by Crippen LogP contribution is 2.64. The van der Waals surface area contributed by atoms with Crippen LogP contribution in [0, 0.1) is 17.8 Å². The Morgan fingerprint density at radius 2 is 1.98 bits per heavy atom. The lowest BCUT2D eigenvalue weighted by molar-refractivity contribution is -0.162. The highest BCUT2D eigenvalue weighted by atomic mass is 16.6. The molecule has 4 saturated heterocycles. The van der Waals surface area contributed by atoms with Crippen molar-refractivity contribution in [2.24, 2.45) is 17.8 Å². The van der Waals surface area contributed by atoms with Crippen molar-refractivity contribution < 1.29 is 33.7 Å². The van der Waals surface area contributed by atoms with Gasteiger partial charge in [0.15, 0.2) is 0 Å². The predicted molar refractivity (Wildman–Crippen MR) is 149 cm³/mol. The molecule has 0 aromatic carbocycles. The van der Waals surface area contributed by atoms with E-state index in [1.165, 1.54) is 0 Å². The largest absolute Gasteiger partial charge is 0.465 e. The molecule has 4 aliphatic heterocycles. The van der Waals surface area contributed by atoms with Gasteiger partial charge in [-0.05, 0) is 32.1 Å². The molecule has 2 bridgehead atoms. The van der Waals surface area contributed by atoms with Crippen molar-refractivity contribution in [3.05, 3.63) is 25.3 Å². The average Bonchev–Trinajstić information content (AvgIpc) is 3.52. The van der Waals surface area contributed by atoms with Gasteiger partial charge in [0.2, 0.25) is 11.8 Å². The number of amides is 2. The van der Waals surface area contributed by atoms with E-state index in [4.69, 9.17) is 14.2 Å². The number of carbonyl (C=O) groups is 3. The number of likely N-dealkylation sites (tertiary alicyclic amines) is 1. The number of aliphatic hydroxyl groups excluding tert-OH is 1. The van der Waals surface area contributed by atoms with Crippen molar-refractivity contribution in [3.8, 4) is 0 Å². The van der Waals surface area contributed by atoms with Gasteiger partial charge in [0.25, 0.3) is 0 Å². The Hall–Kier alpha value is -2.27. The van der Waals surface area contributed by atoms with Crippen molar-refractivity contribution in [2.75, 3.05) is 59.2 Å². The quantitative estimate of drug-likeness (QED) is 0.194. The molecule has 224 valence electrons. The number of rotatable bonds is 14. The first-order chi connectivity index (χ1) is 19.2. The molecule has 0 aromatic rings. The lowest BCUT2D eigenvalue weighted by atomic mass is 9.66. The Morgan fingerprint density at radius 3 is 2.60 bits per heavy atom. The molecule has 7 atom stereocenters. The summed E-state index contributed by atoms with van der Waals surface area (Å²) in [6.45, 7) is 17.7. The number of morpholine rings is 1. The van der Waals surface area contributed by atoms with Crippen LogP contribution in [-0.2, 0) is 28.6 Å². The Kier molecular flexibility index (Phi) is 9.75. The normalized spacial score (nSPS) is 33.0. The minimum absolute atomic E-state index is 0.0635. The number of aliphatic hydroxyl groups is 1. The number of fused-ring (bicyclic) bond motifs is 1. The van der Waals surface area contributed by atoms with Crippen LogP contribution >= 0.6 is 0 Å². The van der Waals surface area contributed by atoms with Crippen LogP contribution in [0.15, 0.2) is 25.3 Å². The lowest BCUT2D eigenvalue weighted by Gasteiger charge is -2.41. The Labute approximate surface area is 238 Å². The minimum atomic E-state index is -1.16. The number of hydrogen-bond acceptors (Lipinski definition) is 8. The fourth-order valence-electron chi connectivity index (χ4n) is 7.21. The molecule has 10 nitrogen and oxygen atoms in total. The van der Waals surface area contributed by atoms with Crippen molar-refractivity contribution in [3.63, 3.8) is 0 Å². The van der Waals surface area contributed by atoms with Gasteiger partial charge < -0.3 is 29.1 Å². The van der Waals surface area contributed by atoms with E-state index in [2.05, 4.69) is 18.1 Å². The molecule has 40 heavy (non-hydrogen) atoms. The smallest absolute Gasteiger partial charge is 0.312 e. The molecule has 0 radical (unpaired) electrons. The molecule has 0 aliphatic carbocycles. The summed E-state index contributed by atoms with van der Waals surface area (Å²) in [6.07, 6.45) is 5.61. The first-order valence-corrected chi connectivity index (χ1v) is 14.8. The van der Waals surface area contributed by atoms with E-state index in [0.717, 1.165) is 13.1 Å². The van der Waals surface area contributed by atoms with Gasteiger partial charge in [0.1, 0.15) is 17.6 Å². The predicted octanol–water partition coefficient (Wildman–Crippen LogP) is 1.62. The highest BCUT2D eigenvalue weighted by Gasteiger charge is 2.79. The average molecular weight is 562 g/mol. The van der Waals surface area contributed by atoms with Crippen LogP contribution in [0.5, 0.6) is 0 Å². The van der Waals surface area contributed by atoms with Crippen LogP contribution in [0.2, 0.25) is 0 Å². The second kappa shape index (κ2) is 12.7. The fourth-order valence-corrected chi connectivity index (χ4v) is 7.21. The molecular weight excluding hydrogens is 514 g/mol. The van der Waals surface area contributed by atoms with Gasteiger partial charge in [0, 0.05) is 32.7 Å². The maximum Gasteiger partial charge on any atom is 0.312 e. The number of hydrogen-bond donors (Lipinski definition) is 1. The van der Waals surface area contributed by atoms with Crippen LogP contribution in [0.25, 0.3) is 0 Å². The van der Waals surface area contributed by atoms with Crippen molar-refractivity contribution >= 4 is 17.8 Å². The summed E-state index contributed by atoms with van der Waals surface area (Å²) in [5.74, 6) is -2.74. The molecule has 0 aromatic heterocycles. The SMILES string of the molecule is C=CCCOC(=O)[C@H]1[C@H]2C(=O)N([C@@H](CO)[C@@H](C)CC)C(C(=O)N(CC=C)CCN3CCOCC3)C23CC[C@]1(C)O3. The van der Waals surface area contributed by atoms with Gasteiger partial charge in [-0.25, -0.2) is 0 Å². The zero-order valence-electron chi connectivity index (χ0n) is 24.4. The molecule has 2 amide bonds. The van der Waals surface area contributed by atoms with Crippen molar-refractivity contribution in [1.82, 2.24) is 14.7 Å². The molecule has 2 unspecified atom stereocenters. The molecule has 1 spiro atoms. The summed E-state index contributed by atoms with van der Waals surface area (Å²) >= 11 is 0. The maximum atomic E-state index is 14.6. The van der Waals surface area contributed by atoms with Crippen LogP contribution in [-0.4, -0.2) is 120 Å². The number of ether oxygens (including phenoxy) is 3. The number of esters is 1. The molecule has 4 fully saturated rings. The Morgan fingerprint density at radius 1 is 1.25 bits per heavy atom. The molecule has 10 heteroatoms. The van der Waals surface area contributed by atoms with E-state index in [0.29, 0.717) is 58.5 Å². The first kappa shape index (κ1) is 30.7. The van der Waals surface area contributed by atoms with E-state index < -0.39 is 41.1 Å². The number of nitrogens with zero attached hydrogens (tertiary/aromatic N) is 3. The molecular formula is C30H47N3O7. The summed E-state index contributed by atoms with van der Waals surface area (Å²) in [5, 5.41) is 10.5. The summed E-state index contributed by atoms with van der Waals surface area (Å²) in [4.78, 5) is 48.0. The van der Waals surface area contributed by atoms with Crippen molar-refractivity contribution in [1.29, 1.82) is 0 Å². The molecule has 4 aliphatic rings. The maximum absolute atomic E-state index is 14.6. The molecule has 4 heterocycles. The summed E-state index contributed by atoms with van der Waals surface area (Å²) in [5.41, 5.74) is -2.07. The van der Waals surface area contributed by atoms with Crippen LogP contribution in [0.4, 0.5) is 0 Å². The second-order valence-electron chi connectivity index (χ2n) is 11.9. The monoisotopic (exact) mass is 561 g/mol. The van der Waals surface area contributed by atoms with Crippen LogP contribution in [0.1, 0.15) is 46.5 Å². The third kappa shape index (κ3) is 5.35. The Bertz CT molecular complexity index is 969. The molecule has 1 N–H and O–H groups in total. The molecule has 4 rings (SSSR count). The minimum Gasteiger partial charge on any atom is -0.465 e. The van der Waals surface area contributed by atoms with Gasteiger partial charge in [-0.15, -0.1) is 13.2 Å². The summed E-state index contributed by atoms with van der Waals surface area (Å²) in [6, 6.07) is -1.53. The fraction of sp³-hybridized carbons (Fsp3) is 0.767. The van der Waals surface area contributed by atoms with E-state index in [1.807, 2.05) is 20.8 Å². The zero-order valence-corrected chi connectivity index (χ0v) is 24.4. The zero-order chi connectivity index (χ0) is 29.1. The van der Waals surface area contributed by atoms with Crippen LogP contribution < -0.4 is 0 Å². The number of carbonyl (C=O) groups excluding carboxylic acids is 3. The van der Waals surface area contributed by atoms with Gasteiger partial charge in [-0.2, -0.15) is 0 Å². The highest BCUT2D eigenvalue weighted by molar-refractivity contribution is 5.98. The summed E-state index contributed by atoms with van der Waals surface area (Å²) in [7, 11) is 0. The topological polar surface area (TPSA) is 109 Å². The third-order valence-electron chi connectivity index (χ3n) is 9.56. The van der Waals surface area contributed by atoms with Gasteiger partial charge in [-0.3, -0.25) is 19.3 Å². The van der Waals surface area contributed by atoms with E-state index in [1.54, 1.807) is 22.0 Å². The second-order valence-corrected chi connectivity index (χ2v) is 11.9. The lowest BCUT2D eigenvalue weighted by Crippen LogP contribution is -2.60.